The number of nitrogens with one attached hydrogen (secondary N) is 2. The van der Waals surface area contributed by atoms with Gasteiger partial charge >= 0.3 is 12.0 Å². The van der Waals surface area contributed by atoms with Crippen molar-refractivity contribution in [2.45, 2.75) is 10.6 Å². The van der Waals surface area contributed by atoms with Crippen LogP contribution in [0.3, 0.4) is 0 Å². The summed E-state index contributed by atoms with van der Waals surface area (Å²) in [6.45, 7) is -0.532. The third-order valence-corrected chi connectivity index (χ3v) is 4.53. The van der Waals surface area contributed by atoms with E-state index in [4.69, 9.17) is 16.3 Å². The van der Waals surface area contributed by atoms with E-state index in [1.165, 1.54) is 7.05 Å². The Bertz CT molecular complexity index is 796. The maximum Gasteiger partial charge on any atom is 0.338 e. The van der Waals surface area contributed by atoms with Gasteiger partial charge in [0.15, 0.2) is 6.61 Å². The molecule has 6 nitrogen and oxygen atoms in total. The van der Waals surface area contributed by atoms with E-state index in [2.05, 4.69) is 5.32 Å². The minimum Gasteiger partial charge on any atom is -0.452 e. The number of benzene rings is 2. The number of rotatable bonds is 6. The molecule has 8 heteroatoms. The number of ether oxygens (including phenoxy) is 1. The van der Waals surface area contributed by atoms with E-state index in [1.54, 1.807) is 30.0 Å². The summed E-state index contributed by atoms with van der Waals surface area (Å²) < 4.78 is 4.91. The molecule has 0 unspecified atom stereocenters. The molecule has 26 heavy (non-hydrogen) atoms. The topological polar surface area (TPSA) is 84.5 Å². The number of hydrogen-bond acceptors (Lipinski definition) is 5. The Balaban J connectivity index is 1.89. The van der Waals surface area contributed by atoms with Crippen molar-refractivity contribution in [1.82, 2.24) is 10.6 Å². The van der Waals surface area contributed by atoms with Gasteiger partial charge in [-0.3, -0.25) is 10.1 Å². The van der Waals surface area contributed by atoms with Crippen molar-refractivity contribution in [3.8, 4) is 0 Å². The number of imide groups is 1. The molecule has 0 bridgehead atoms. The van der Waals surface area contributed by atoms with Gasteiger partial charge in [-0.15, -0.1) is 11.8 Å². The van der Waals surface area contributed by atoms with E-state index in [0.717, 1.165) is 10.5 Å². The van der Waals surface area contributed by atoms with E-state index >= 15 is 0 Å². The number of hydrogen-bond donors (Lipinski definition) is 2. The summed E-state index contributed by atoms with van der Waals surface area (Å²) in [5.41, 5.74) is 1.28. The van der Waals surface area contributed by atoms with Gasteiger partial charge in [0.1, 0.15) is 0 Å². The smallest absolute Gasteiger partial charge is 0.338 e. The van der Waals surface area contributed by atoms with Gasteiger partial charge in [0.25, 0.3) is 5.91 Å². The molecule has 2 rings (SSSR count). The van der Waals surface area contributed by atoms with E-state index in [-0.39, 0.29) is 0 Å². The third kappa shape index (κ3) is 6.42. The van der Waals surface area contributed by atoms with Crippen LogP contribution in [-0.2, 0) is 15.3 Å². The van der Waals surface area contributed by atoms with Gasteiger partial charge in [-0.05, 0) is 42.0 Å². The number of amides is 3. The van der Waals surface area contributed by atoms with Crippen LogP contribution in [0.1, 0.15) is 15.9 Å². The fourth-order valence-corrected chi connectivity index (χ4v) is 2.89. The molecule has 2 aromatic rings. The molecule has 0 saturated carbocycles. The summed E-state index contributed by atoms with van der Waals surface area (Å²) in [5.74, 6) is -0.664. The lowest BCUT2D eigenvalue weighted by Crippen LogP contribution is -2.39. The Labute approximate surface area is 160 Å². The highest BCUT2D eigenvalue weighted by Crippen LogP contribution is 2.24. The van der Waals surface area contributed by atoms with Crippen LogP contribution in [0.2, 0.25) is 5.02 Å². The summed E-state index contributed by atoms with van der Waals surface area (Å²) >= 11 is 7.47. The molecule has 0 aliphatic rings. The first-order chi connectivity index (χ1) is 12.5. The molecule has 0 radical (unpaired) electrons. The third-order valence-electron chi connectivity index (χ3n) is 3.20. The van der Waals surface area contributed by atoms with Crippen molar-refractivity contribution in [2.24, 2.45) is 0 Å². The number of carbonyl (C=O) groups is 3. The number of thioether (sulfide) groups is 1. The molecule has 0 fully saturated rings. The molecule has 0 spiro atoms. The van der Waals surface area contributed by atoms with E-state index in [9.17, 15) is 14.4 Å². The van der Waals surface area contributed by atoms with Gasteiger partial charge < -0.3 is 10.1 Å². The van der Waals surface area contributed by atoms with Gasteiger partial charge in [0.2, 0.25) is 0 Å². The minimum absolute atomic E-state index is 0.340. The Hall–Kier alpha value is -2.51. The van der Waals surface area contributed by atoms with Crippen LogP contribution in [0.4, 0.5) is 4.79 Å². The maximum absolute atomic E-state index is 12.0. The van der Waals surface area contributed by atoms with Gasteiger partial charge in [-0.1, -0.05) is 23.7 Å². The number of esters is 1. The monoisotopic (exact) mass is 392 g/mol. The molecule has 2 N–H and O–H groups in total. The Kier molecular flexibility index (Phi) is 7.50. The van der Waals surface area contributed by atoms with Crippen LogP contribution >= 0.6 is 23.4 Å². The highest BCUT2D eigenvalue weighted by Gasteiger charge is 2.12. The molecule has 0 aliphatic carbocycles. The van der Waals surface area contributed by atoms with Crippen molar-refractivity contribution in [3.05, 3.63) is 64.7 Å². The average Bonchev–Trinajstić information content (AvgIpc) is 2.65. The predicted molar refractivity (Wildman–Crippen MR) is 100 cm³/mol. The molecular formula is C18H17ClN2O4S. The van der Waals surface area contributed by atoms with Crippen LogP contribution < -0.4 is 10.6 Å². The lowest BCUT2D eigenvalue weighted by Gasteiger charge is -2.07. The zero-order chi connectivity index (χ0) is 18.9. The van der Waals surface area contributed by atoms with Crippen LogP contribution in [-0.4, -0.2) is 31.6 Å². The maximum atomic E-state index is 12.0. The summed E-state index contributed by atoms with van der Waals surface area (Å²) in [4.78, 5) is 35.5. The molecule has 2 aromatic carbocycles. The first kappa shape index (κ1) is 19.8. The Morgan fingerprint density at radius 1 is 1.12 bits per heavy atom. The van der Waals surface area contributed by atoms with Crippen molar-refractivity contribution < 1.29 is 19.1 Å². The summed E-state index contributed by atoms with van der Waals surface area (Å²) in [6, 6.07) is 13.8. The second-order valence-electron chi connectivity index (χ2n) is 5.15. The first-order valence-corrected chi connectivity index (χ1v) is 9.00. The lowest BCUT2D eigenvalue weighted by molar-refractivity contribution is -0.123. The largest absolute Gasteiger partial charge is 0.452 e. The molecule has 0 aliphatic heterocycles. The zero-order valence-electron chi connectivity index (χ0n) is 14.0. The fraction of sp³-hybridized carbons (Fsp3) is 0.167. The number of carbonyl (C=O) groups excluding carboxylic acids is 3. The van der Waals surface area contributed by atoms with Crippen molar-refractivity contribution in [1.29, 1.82) is 0 Å². The molecule has 0 heterocycles. The van der Waals surface area contributed by atoms with Gasteiger partial charge in [0, 0.05) is 22.7 Å². The van der Waals surface area contributed by atoms with Gasteiger partial charge in [-0.2, -0.15) is 0 Å². The minimum atomic E-state index is -0.702. The van der Waals surface area contributed by atoms with E-state index in [1.807, 2.05) is 35.6 Å². The molecule has 0 saturated heterocycles. The molecule has 3 amide bonds. The Morgan fingerprint density at radius 3 is 2.54 bits per heavy atom. The van der Waals surface area contributed by atoms with E-state index in [0.29, 0.717) is 16.3 Å². The predicted octanol–water partition coefficient (Wildman–Crippen LogP) is 3.24. The van der Waals surface area contributed by atoms with Crippen LogP contribution in [0.15, 0.2) is 53.4 Å². The highest BCUT2D eigenvalue weighted by molar-refractivity contribution is 7.98. The van der Waals surface area contributed by atoms with Crippen LogP contribution in [0.25, 0.3) is 0 Å². The second kappa shape index (κ2) is 9.84. The van der Waals surface area contributed by atoms with Crippen molar-refractivity contribution in [2.75, 3.05) is 13.7 Å². The summed E-state index contributed by atoms with van der Waals surface area (Å²) in [6.07, 6.45) is 0. The van der Waals surface area contributed by atoms with Gasteiger partial charge in [-0.25, -0.2) is 9.59 Å². The standard InChI is InChI=1S/C18H17ClN2O4S/c1-20-18(24)21-16(22)10-25-17(23)13-4-2-3-12(9-13)11-26-15-7-5-14(19)6-8-15/h2-9H,10-11H2,1H3,(H2,20,21,22,24). The quantitative estimate of drug-likeness (QED) is 0.582. The molecular weight excluding hydrogens is 376 g/mol. The summed E-state index contributed by atoms with van der Waals surface area (Å²) in [5, 5.41) is 4.92. The lowest BCUT2D eigenvalue weighted by atomic mass is 10.1. The molecule has 0 aromatic heterocycles. The second-order valence-corrected chi connectivity index (χ2v) is 6.63. The fourth-order valence-electron chi connectivity index (χ4n) is 1.93. The van der Waals surface area contributed by atoms with Crippen molar-refractivity contribution >= 4 is 41.3 Å². The van der Waals surface area contributed by atoms with Crippen LogP contribution in [0, 0.1) is 0 Å². The number of urea groups is 1. The molecule has 0 atom stereocenters. The Morgan fingerprint density at radius 2 is 1.85 bits per heavy atom. The average molecular weight is 393 g/mol. The zero-order valence-corrected chi connectivity index (χ0v) is 15.5. The molecule has 136 valence electrons. The van der Waals surface area contributed by atoms with Crippen molar-refractivity contribution in [3.63, 3.8) is 0 Å². The van der Waals surface area contributed by atoms with Gasteiger partial charge in [0.05, 0.1) is 5.56 Å². The number of halogens is 1. The SMILES string of the molecule is CNC(=O)NC(=O)COC(=O)c1cccc(CSc2ccc(Cl)cc2)c1. The normalized spacial score (nSPS) is 10.1. The van der Waals surface area contributed by atoms with E-state index < -0.39 is 24.5 Å². The van der Waals surface area contributed by atoms with Crippen LogP contribution in [0.5, 0.6) is 0 Å². The summed E-state index contributed by atoms with van der Waals surface area (Å²) in [7, 11) is 1.38. The highest BCUT2D eigenvalue weighted by atomic mass is 35.5. The first-order valence-electron chi connectivity index (χ1n) is 7.64.